The number of aliphatic hydroxyl groups excluding tert-OH is 1. The normalized spacial score (nSPS) is 13.3. The third-order valence-corrected chi connectivity index (χ3v) is 4.67. The van der Waals surface area contributed by atoms with Crippen LogP contribution in [0.2, 0.25) is 0 Å². The lowest BCUT2D eigenvalue weighted by molar-refractivity contribution is -0.139. The van der Waals surface area contributed by atoms with E-state index in [4.69, 9.17) is 9.84 Å². The fraction of sp³-hybridized carbons (Fsp3) is 0.190. The zero-order valence-electron chi connectivity index (χ0n) is 15.5. The Bertz CT molecular complexity index is 1100. The summed E-state index contributed by atoms with van der Waals surface area (Å²) in [4.78, 5) is 19.8. The lowest BCUT2D eigenvalue weighted by Gasteiger charge is -2.15. The van der Waals surface area contributed by atoms with Crippen LogP contribution in [0.1, 0.15) is 33.5 Å². The highest BCUT2D eigenvalue weighted by Crippen LogP contribution is 2.39. The SMILES string of the molecule is O=C1CCc2cccc(Oc3nc(Nc4ccc(CO)cc4)ncc3C(F)(F)F)c21. The van der Waals surface area contributed by atoms with Crippen molar-refractivity contribution in [3.8, 4) is 11.6 Å². The number of benzene rings is 2. The molecular formula is C21H16F3N3O3. The summed E-state index contributed by atoms with van der Waals surface area (Å²) in [6.07, 6.45) is -3.28. The molecule has 1 aliphatic rings. The number of ether oxygens (including phenoxy) is 1. The maximum Gasteiger partial charge on any atom is 0.423 e. The van der Waals surface area contributed by atoms with Crippen LogP contribution >= 0.6 is 0 Å². The Labute approximate surface area is 169 Å². The highest BCUT2D eigenvalue weighted by molar-refractivity contribution is 6.02. The number of carbonyl (C=O) groups excluding carboxylic acids is 1. The molecule has 9 heteroatoms. The van der Waals surface area contributed by atoms with Gasteiger partial charge in [0.1, 0.15) is 11.3 Å². The van der Waals surface area contributed by atoms with Gasteiger partial charge in [-0.1, -0.05) is 24.3 Å². The first-order chi connectivity index (χ1) is 14.3. The number of nitrogens with one attached hydrogen (secondary N) is 1. The lowest BCUT2D eigenvalue weighted by Crippen LogP contribution is -2.11. The zero-order chi connectivity index (χ0) is 21.3. The van der Waals surface area contributed by atoms with E-state index in [0.717, 1.165) is 5.56 Å². The summed E-state index contributed by atoms with van der Waals surface area (Å²) in [6.45, 7) is -0.130. The van der Waals surface area contributed by atoms with Crippen molar-refractivity contribution in [2.24, 2.45) is 0 Å². The number of carbonyl (C=O) groups is 1. The molecule has 154 valence electrons. The Hall–Kier alpha value is -3.46. The largest absolute Gasteiger partial charge is 0.437 e. The number of ketones is 1. The molecule has 0 fully saturated rings. The zero-order valence-corrected chi connectivity index (χ0v) is 15.5. The number of hydrogen-bond donors (Lipinski definition) is 2. The van der Waals surface area contributed by atoms with E-state index in [1.165, 1.54) is 6.07 Å². The second-order valence-corrected chi connectivity index (χ2v) is 6.71. The van der Waals surface area contributed by atoms with E-state index in [1.54, 1.807) is 36.4 Å². The molecule has 0 saturated heterocycles. The maximum absolute atomic E-state index is 13.5. The Kier molecular flexibility index (Phi) is 5.13. The van der Waals surface area contributed by atoms with Gasteiger partial charge < -0.3 is 15.2 Å². The molecule has 0 aliphatic heterocycles. The predicted molar refractivity (Wildman–Crippen MR) is 102 cm³/mol. The molecule has 3 aromatic rings. The van der Waals surface area contributed by atoms with Crippen LogP contribution in [0.15, 0.2) is 48.7 Å². The first-order valence-electron chi connectivity index (χ1n) is 9.09. The number of aromatic nitrogens is 2. The van der Waals surface area contributed by atoms with Crippen molar-refractivity contribution in [3.05, 3.63) is 70.9 Å². The number of aryl methyl sites for hydroxylation is 1. The van der Waals surface area contributed by atoms with E-state index < -0.39 is 17.6 Å². The second kappa shape index (κ2) is 7.75. The van der Waals surface area contributed by atoms with Crippen LogP contribution in [0.3, 0.4) is 0 Å². The van der Waals surface area contributed by atoms with E-state index in [0.29, 0.717) is 35.9 Å². The van der Waals surface area contributed by atoms with E-state index in [-0.39, 0.29) is 24.1 Å². The summed E-state index contributed by atoms with van der Waals surface area (Å²) >= 11 is 0. The Balaban J connectivity index is 1.69. The molecule has 2 N–H and O–H groups in total. The molecule has 0 spiro atoms. The highest BCUT2D eigenvalue weighted by atomic mass is 19.4. The molecule has 6 nitrogen and oxygen atoms in total. The first-order valence-corrected chi connectivity index (χ1v) is 9.09. The third-order valence-electron chi connectivity index (χ3n) is 4.67. The minimum absolute atomic E-state index is 0.0393. The topological polar surface area (TPSA) is 84.3 Å². The Morgan fingerprint density at radius 2 is 1.87 bits per heavy atom. The summed E-state index contributed by atoms with van der Waals surface area (Å²) < 4.78 is 45.9. The fourth-order valence-electron chi connectivity index (χ4n) is 3.19. The summed E-state index contributed by atoms with van der Waals surface area (Å²) in [6, 6.07) is 11.4. The van der Waals surface area contributed by atoms with E-state index in [9.17, 15) is 18.0 Å². The van der Waals surface area contributed by atoms with Crippen LogP contribution in [0.4, 0.5) is 24.8 Å². The van der Waals surface area contributed by atoms with E-state index >= 15 is 0 Å². The lowest BCUT2D eigenvalue weighted by atomic mass is 10.1. The number of aliphatic hydroxyl groups is 1. The molecule has 30 heavy (non-hydrogen) atoms. The van der Waals surface area contributed by atoms with Gasteiger partial charge in [0.15, 0.2) is 5.78 Å². The van der Waals surface area contributed by atoms with Gasteiger partial charge in [-0.15, -0.1) is 0 Å². The maximum atomic E-state index is 13.5. The predicted octanol–water partition coefficient (Wildman–Crippen LogP) is 4.65. The van der Waals surface area contributed by atoms with Gasteiger partial charge in [0.25, 0.3) is 0 Å². The van der Waals surface area contributed by atoms with Gasteiger partial charge in [-0.05, 0) is 35.7 Å². The minimum atomic E-state index is -4.74. The van der Waals surface area contributed by atoms with Gasteiger partial charge >= 0.3 is 6.18 Å². The van der Waals surface area contributed by atoms with Gasteiger partial charge in [-0.25, -0.2) is 4.98 Å². The minimum Gasteiger partial charge on any atom is -0.437 e. The summed E-state index contributed by atoms with van der Waals surface area (Å²) in [7, 11) is 0. The number of Topliss-reactive ketones (excluding diaryl/α,β-unsaturated/α-hetero) is 1. The second-order valence-electron chi connectivity index (χ2n) is 6.71. The molecule has 1 aromatic heterocycles. The van der Waals surface area contributed by atoms with Crippen molar-refractivity contribution in [1.82, 2.24) is 9.97 Å². The summed E-state index contributed by atoms with van der Waals surface area (Å²) in [5, 5.41) is 11.9. The van der Waals surface area contributed by atoms with Crippen molar-refractivity contribution in [2.75, 3.05) is 5.32 Å². The van der Waals surface area contributed by atoms with E-state index in [1.807, 2.05) is 0 Å². The average molecular weight is 415 g/mol. The molecule has 0 radical (unpaired) electrons. The highest BCUT2D eigenvalue weighted by Gasteiger charge is 2.37. The van der Waals surface area contributed by atoms with Crippen molar-refractivity contribution in [1.29, 1.82) is 0 Å². The van der Waals surface area contributed by atoms with Crippen LogP contribution in [-0.2, 0) is 19.2 Å². The number of rotatable bonds is 5. The Morgan fingerprint density at radius 3 is 2.57 bits per heavy atom. The van der Waals surface area contributed by atoms with Crippen LogP contribution in [-0.4, -0.2) is 20.9 Å². The smallest absolute Gasteiger partial charge is 0.423 e. The molecule has 0 unspecified atom stereocenters. The van der Waals surface area contributed by atoms with Crippen molar-refractivity contribution >= 4 is 17.4 Å². The molecule has 0 bridgehead atoms. The van der Waals surface area contributed by atoms with Crippen molar-refractivity contribution in [2.45, 2.75) is 25.6 Å². The monoisotopic (exact) mass is 415 g/mol. The van der Waals surface area contributed by atoms with Gasteiger partial charge in [0.05, 0.1) is 12.2 Å². The van der Waals surface area contributed by atoms with Gasteiger partial charge in [-0.3, -0.25) is 4.79 Å². The number of anilines is 2. The Morgan fingerprint density at radius 1 is 1.10 bits per heavy atom. The molecule has 1 aliphatic carbocycles. The average Bonchev–Trinajstić information content (AvgIpc) is 3.10. The molecular weight excluding hydrogens is 399 g/mol. The molecule has 0 atom stereocenters. The van der Waals surface area contributed by atoms with Crippen LogP contribution in [0.5, 0.6) is 11.6 Å². The quantitative estimate of drug-likeness (QED) is 0.631. The fourth-order valence-corrected chi connectivity index (χ4v) is 3.19. The van der Waals surface area contributed by atoms with Gasteiger partial charge in [0, 0.05) is 18.3 Å². The number of fused-ring (bicyclic) bond motifs is 1. The van der Waals surface area contributed by atoms with Gasteiger partial charge in [0.2, 0.25) is 11.8 Å². The number of nitrogens with zero attached hydrogens (tertiary/aromatic N) is 2. The van der Waals surface area contributed by atoms with Crippen LogP contribution in [0.25, 0.3) is 0 Å². The summed E-state index contributed by atoms with van der Waals surface area (Å²) in [5.41, 5.74) is 1.08. The van der Waals surface area contributed by atoms with Crippen molar-refractivity contribution < 1.29 is 27.8 Å². The molecule has 2 aromatic carbocycles. The molecule has 1 heterocycles. The number of alkyl halides is 3. The van der Waals surface area contributed by atoms with Crippen LogP contribution in [0, 0.1) is 0 Å². The van der Waals surface area contributed by atoms with E-state index in [2.05, 4.69) is 15.3 Å². The first kappa shape index (κ1) is 19.8. The number of hydrogen-bond acceptors (Lipinski definition) is 6. The van der Waals surface area contributed by atoms with Gasteiger partial charge in [-0.2, -0.15) is 18.2 Å². The molecule has 4 rings (SSSR count). The molecule has 0 saturated carbocycles. The van der Waals surface area contributed by atoms with Crippen molar-refractivity contribution in [3.63, 3.8) is 0 Å². The van der Waals surface area contributed by atoms with Crippen LogP contribution < -0.4 is 10.1 Å². The molecule has 0 amide bonds. The standard InChI is InChI=1S/C21H16F3N3O3/c22-21(23,24)15-10-25-20(26-14-7-4-12(11-28)5-8-14)27-19(15)30-17-3-1-2-13-6-9-16(29)18(13)17/h1-5,7-8,10,28H,6,9,11H2,(H,25,26,27). The summed E-state index contributed by atoms with van der Waals surface area (Å²) in [5.74, 6) is -0.934. The number of halogens is 3. The third kappa shape index (κ3) is 3.97.